The Labute approximate surface area is 193 Å². The molecule has 33 heavy (non-hydrogen) atoms. The van der Waals surface area contributed by atoms with Crippen molar-refractivity contribution in [3.8, 4) is 11.1 Å². The van der Waals surface area contributed by atoms with Crippen molar-refractivity contribution in [1.29, 1.82) is 0 Å². The Morgan fingerprint density at radius 2 is 1.48 bits per heavy atom. The Bertz CT molecular complexity index is 978. The number of rotatable bonds is 9. The zero-order valence-electron chi connectivity index (χ0n) is 19.2. The second-order valence-corrected chi connectivity index (χ2v) is 8.31. The molecule has 2 amide bonds. The van der Waals surface area contributed by atoms with Crippen LogP contribution in [0, 0.1) is 5.92 Å². The van der Waals surface area contributed by atoms with Crippen LogP contribution >= 0.6 is 0 Å². The highest BCUT2D eigenvalue weighted by atomic mass is 16.5. The standard InChI is InChI=1S/C25H30N2O6/c1-14(23(28)27-22(24(29)30)16(3)32-4)15(2)26-25(31)33-13-21-19-11-7-5-9-17(19)18-10-6-8-12-20(18)21/h5-12,14-16,21-22H,13H2,1-4H3,(H,26,31)(H,27,28)(H,29,30). The Hall–Kier alpha value is -3.39. The van der Waals surface area contributed by atoms with Crippen molar-refractivity contribution in [2.24, 2.45) is 5.92 Å². The fourth-order valence-corrected chi connectivity index (χ4v) is 3.98. The molecule has 4 atom stereocenters. The first-order valence-electron chi connectivity index (χ1n) is 10.9. The van der Waals surface area contributed by atoms with Crippen molar-refractivity contribution in [2.45, 2.75) is 44.9 Å². The van der Waals surface area contributed by atoms with Crippen molar-refractivity contribution in [2.75, 3.05) is 13.7 Å². The topological polar surface area (TPSA) is 114 Å². The van der Waals surface area contributed by atoms with Crippen molar-refractivity contribution in [3.05, 3.63) is 59.7 Å². The fourth-order valence-electron chi connectivity index (χ4n) is 3.98. The van der Waals surface area contributed by atoms with Crippen LogP contribution in [0.2, 0.25) is 0 Å². The molecular weight excluding hydrogens is 424 g/mol. The summed E-state index contributed by atoms with van der Waals surface area (Å²) in [6.07, 6.45) is -1.34. The molecule has 0 heterocycles. The number of carbonyl (C=O) groups is 3. The van der Waals surface area contributed by atoms with Crippen LogP contribution in [0.15, 0.2) is 48.5 Å². The Morgan fingerprint density at radius 1 is 0.939 bits per heavy atom. The van der Waals surface area contributed by atoms with Crippen LogP contribution in [-0.4, -0.2) is 55.0 Å². The number of alkyl carbamates (subject to hydrolysis) is 1. The number of ether oxygens (including phenoxy) is 2. The van der Waals surface area contributed by atoms with Gasteiger partial charge in [-0.3, -0.25) is 4.79 Å². The van der Waals surface area contributed by atoms with Gasteiger partial charge in [0.15, 0.2) is 6.04 Å². The van der Waals surface area contributed by atoms with Gasteiger partial charge in [-0.15, -0.1) is 0 Å². The fraction of sp³-hybridized carbons (Fsp3) is 0.400. The third-order valence-corrected chi connectivity index (χ3v) is 6.26. The molecule has 1 aliphatic rings. The number of aliphatic carboxylic acids is 1. The second-order valence-electron chi connectivity index (χ2n) is 8.31. The summed E-state index contributed by atoms with van der Waals surface area (Å²) in [6, 6.07) is 14.3. The largest absolute Gasteiger partial charge is 0.480 e. The molecular formula is C25H30N2O6. The highest BCUT2D eigenvalue weighted by Gasteiger charge is 2.32. The van der Waals surface area contributed by atoms with Crippen LogP contribution in [-0.2, 0) is 19.1 Å². The molecule has 0 fully saturated rings. The third-order valence-electron chi connectivity index (χ3n) is 6.26. The van der Waals surface area contributed by atoms with E-state index in [1.807, 2.05) is 36.4 Å². The van der Waals surface area contributed by atoms with Gasteiger partial charge >= 0.3 is 12.1 Å². The molecule has 0 saturated carbocycles. The molecule has 8 heteroatoms. The molecule has 2 aromatic rings. The predicted octanol–water partition coefficient (Wildman–Crippen LogP) is 3.15. The van der Waals surface area contributed by atoms with Crippen LogP contribution in [0.25, 0.3) is 11.1 Å². The summed E-state index contributed by atoms with van der Waals surface area (Å²) in [7, 11) is 1.37. The minimum absolute atomic E-state index is 0.0639. The Balaban J connectivity index is 1.58. The van der Waals surface area contributed by atoms with Gasteiger partial charge in [0.2, 0.25) is 5.91 Å². The zero-order chi connectivity index (χ0) is 24.1. The number of hydrogen-bond donors (Lipinski definition) is 3. The molecule has 0 aliphatic heterocycles. The maximum Gasteiger partial charge on any atom is 0.407 e. The first-order chi connectivity index (χ1) is 15.7. The number of fused-ring (bicyclic) bond motifs is 3. The first-order valence-corrected chi connectivity index (χ1v) is 10.9. The van der Waals surface area contributed by atoms with Crippen molar-refractivity contribution < 1.29 is 29.0 Å². The van der Waals surface area contributed by atoms with E-state index in [0.717, 1.165) is 22.3 Å². The summed E-state index contributed by atoms with van der Waals surface area (Å²) in [4.78, 5) is 36.4. The van der Waals surface area contributed by atoms with Crippen molar-refractivity contribution in [3.63, 3.8) is 0 Å². The molecule has 0 radical (unpaired) electrons. The molecule has 3 rings (SSSR count). The number of methoxy groups -OCH3 is 1. The van der Waals surface area contributed by atoms with Crippen molar-refractivity contribution in [1.82, 2.24) is 10.6 Å². The van der Waals surface area contributed by atoms with Gasteiger partial charge in [0.05, 0.1) is 12.0 Å². The minimum Gasteiger partial charge on any atom is -0.480 e. The number of carboxylic acid groups (broad SMARTS) is 1. The van der Waals surface area contributed by atoms with Crippen LogP contribution < -0.4 is 10.6 Å². The molecule has 0 bridgehead atoms. The Morgan fingerprint density at radius 3 is 2.00 bits per heavy atom. The van der Waals surface area contributed by atoms with Gasteiger partial charge in [-0.05, 0) is 36.1 Å². The van der Waals surface area contributed by atoms with E-state index in [1.54, 1.807) is 20.8 Å². The van der Waals surface area contributed by atoms with E-state index in [-0.39, 0.29) is 12.5 Å². The average molecular weight is 455 g/mol. The van der Waals surface area contributed by atoms with E-state index in [4.69, 9.17) is 9.47 Å². The van der Waals surface area contributed by atoms with Gasteiger partial charge in [0.25, 0.3) is 0 Å². The maximum absolute atomic E-state index is 12.5. The van der Waals surface area contributed by atoms with Crippen LogP contribution in [0.3, 0.4) is 0 Å². The second kappa shape index (κ2) is 10.5. The molecule has 8 nitrogen and oxygen atoms in total. The van der Waals surface area contributed by atoms with Gasteiger partial charge in [0.1, 0.15) is 6.61 Å². The quantitative estimate of drug-likeness (QED) is 0.536. The SMILES string of the molecule is COC(C)C(NC(=O)C(C)C(C)NC(=O)OCC1c2ccccc2-c2ccccc21)C(=O)O. The number of carboxylic acids is 1. The maximum atomic E-state index is 12.5. The van der Waals surface area contributed by atoms with Crippen LogP contribution in [0.1, 0.15) is 37.8 Å². The lowest BCUT2D eigenvalue weighted by Crippen LogP contribution is -2.52. The molecule has 176 valence electrons. The highest BCUT2D eigenvalue weighted by Crippen LogP contribution is 2.44. The van der Waals surface area contributed by atoms with E-state index in [2.05, 4.69) is 22.8 Å². The number of nitrogens with one attached hydrogen (secondary N) is 2. The summed E-state index contributed by atoms with van der Waals surface area (Å²) < 4.78 is 10.5. The molecule has 0 saturated heterocycles. The summed E-state index contributed by atoms with van der Waals surface area (Å²) in [5.74, 6) is -2.44. The molecule has 3 N–H and O–H groups in total. The van der Waals surface area contributed by atoms with Gasteiger partial charge in [-0.25, -0.2) is 9.59 Å². The summed E-state index contributed by atoms with van der Waals surface area (Å²) >= 11 is 0. The normalized spacial score (nSPS) is 16.0. The zero-order valence-corrected chi connectivity index (χ0v) is 19.2. The van der Waals surface area contributed by atoms with E-state index in [0.29, 0.717) is 0 Å². The lowest BCUT2D eigenvalue weighted by molar-refractivity contribution is -0.146. The molecule has 0 spiro atoms. The summed E-state index contributed by atoms with van der Waals surface area (Å²) in [6.45, 7) is 5.00. The monoisotopic (exact) mass is 454 g/mol. The van der Waals surface area contributed by atoms with E-state index >= 15 is 0 Å². The number of amides is 2. The summed E-state index contributed by atoms with van der Waals surface area (Å²) in [5.41, 5.74) is 4.50. The highest BCUT2D eigenvalue weighted by molar-refractivity contribution is 5.86. The van der Waals surface area contributed by atoms with E-state index < -0.39 is 42.1 Å². The smallest absolute Gasteiger partial charge is 0.407 e. The number of hydrogen-bond acceptors (Lipinski definition) is 5. The average Bonchev–Trinajstić information content (AvgIpc) is 3.13. The Kier molecular flexibility index (Phi) is 7.71. The van der Waals surface area contributed by atoms with Gasteiger partial charge in [-0.1, -0.05) is 55.5 Å². The van der Waals surface area contributed by atoms with Gasteiger partial charge < -0.3 is 25.2 Å². The predicted molar refractivity (Wildman–Crippen MR) is 123 cm³/mol. The molecule has 1 aliphatic carbocycles. The van der Waals surface area contributed by atoms with Crippen LogP contribution in [0.5, 0.6) is 0 Å². The molecule has 2 aromatic carbocycles. The van der Waals surface area contributed by atoms with Gasteiger partial charge in [-0.2, -0.15) is 0 Å². The third kappa shape index (κ3) is 5.34. The minimum atomic E-state index is -1.19. The number of carbonyl (C=O) groups excluding carboxylic acids is 2. The first kappa shape index (κ1) is 24.3. The van der Waals surface area contributed by atoms with Gasteiger partial charge in [0, 0.05) is 19.1 Å². The van der Waals surface area contributed by atoms with Crippen molar-refractivity contribution >= 4 is 18.0 Å². The number of benzene rings is 2. The van der Waals surface area contributed by atoms with Crippen LogP contribution in [0.4, 0.5) is 4.79 Å². The lowest BCUT2D eigenvalue weighted by atomic mass is 9.98. The molecule has 4 unspecified atom stereocenters. The lowest BCUT2D eigenvalue weighted by Gasteiger charge is -2.25. The van der Waals surface area contributed by atoms with E-state index in [9.17, 15) is 19.5 Å². The van der Waals surface area contributed by atoms with E-state index in [1.165, 1.54) is 7.11 Å². The molecule has 0 aromatic heterocycles. The summed E-state index contributed by atoms with van der Waals surface area (Å²) in [5, 5.41) is 14.5.